The summed E-state index contributed by atoms with van der Waals surface area (Å²) in [5, 5.41) is 3.05. The summed E-state index contributed by atoms with van der Waals surface area (Å²) >= 11 is 5.83. The fourth-order valence-electron chi connectivity index (χ4n) is 2.00. The number of ether oxygens (including phenoxy) is 1. The highest BCUT2D eigenvalue weighted by molar-refractivity contribution is 7.89. The van der Waals surface area contributed by atoms with E-state index in [1.54, 1.807) is 24.3 Å². The van der Waals surface area contributed by atoms with E-state index in [4.69, 9.17) is 16.3 Å². The molecule has 2 rings (SSSR count). The molecule has 0 fully saturated rings. The van der Waals surface area contributed by atoms with Crippen molar-refractivity contribution < 1.29 is 22.7 Å². The summed E-state index contributed by atoms with van der Waals surface area (Å²) in [6.45, 7) is 0.837. The third-order valence-corrected chi connectivity index (χ3v) is 4.83. The average molecular weight is 397 g/mol. The van der Waals surface area contributed by atoms with Crippen LogP contribution in [-0.4, -0.2) is 26.8 Å². The SMILES string of the molecule is CC(=O)Nc1ccc(S(=O)(=O)NCC(=O)OCc2cccc(Cl)c2)cc1. The molecule has 2 aromatic rings. The number of hydrogen-bond donors (Lipinski definition) is 2. The number of anilines is 1. The molecule has 9 heteroatoms. The second kappa shape index (κ2) is 8.79. The van der Waals surface area contributed by atoms with Gasteiger partial charge in [0, 0.05) is 17.6 Å². The predicted molar refractivity (Wildman–Crippen MR) is 97.2 cm³/mol. The summed E-state index contributed by atoms with van der Waals surface area (Å²) in [4.78, 5) is 22.6. The lowest BCUT2D eigenvalue weighted by molar-refractivity contribution is -0.143. The molecule has 0 radical (unpaired) electrons. The highest BCUT2D eigenvalue weighted by Gasteiger charge is 2.16. The predicted octanol–water partition coefficient (Wildman–Crippen LogP) is 2.32. The fraction of sp³-hybridized carbons (Fsp3) is 0.176. The largest absolute Gasteiger partial charge is 0.460 e. The van der Waals surface area contributed by atoms with Gasteiger partial charge in [-0.05, 0) is 42.0 Å². The van der Waals surface area contributed by atoms with Gasteiger partial charge in [0.15, 0.2) is 0 Å². The van der Waals surface area contributed by atoms with E-state index in [-0.39, 0.29) is 17.4 Å². The van der Waals surface area contributed by atoms with E-state index in [1.807, 2.05) is 0 Å². The third kappa shape index (κ3) is 6.14. The normalized spacial score (nSPS) is 11.0. The number of carbonyl (C=O) groups excluding carboxylic acids is 2. The van der Waals surface area contributed by atoms with Crippen molar-refractivity contribution in [2.75, 3.05) is 11.9 Å². The molecule has 0 aliphatic carbocycles. The Labute approximate surface area is 156 Å². The minimum atomic E-state index is -3.87. The quantitative estimate of drug-likeness (QED) is 0.699. The molecule has 0 heterocycles. The topological polar surface area (TPSA) is 102 Å². The van der Waals surface area contributed by atoms with Crippen molar-refractivity contribution >= 4 is 39.2 Å². The Kier molecular flexibility index (Phi) is 6.73. The summed E-state index contributed by atoms with van der Waals surface area (Å²) in [6.07, 6.45) is 0. The van der Waals surface area contributed by atoms with E-state index in [0.717, 1.165) is 0 Å². The molecule has 0 saturated carbocycles. The molecule has 2 aromatic carbocycles. The van der Waals surface area contributed by atoms with Gasteiger partial charge in [-0.25, -0.2) is 8.42 Å². The summed E-state index contributed by atoms with van der Waals surface area (Å²) in [5.41, 5.74) is 1.17. The van der Waals surface area contributed by atoms with Crippen molar-refractivity contribution in [3.05, 3.63) is 59.1 Å². The summed E-state index contributed by atoms with van der Waals surface area (Å²) in [5.74, 6) is -0.982. The minimum absolute atomic E-state index is 0.00741. The first-order valence-electron chi connectivity index (χ1n) is 7.54. The van der Waals surface area contributed by atoms with Crippen LogP contribution in [0.3, 0.4) is 0 Å². The number of benzene rings is 2. The molecule has 2 N–H and O–H groups in total. The molecule has 1 amide bonds. The molecule has 0 aliphatic heterocycles. The first kappa shape index (κ1) is 19.9. The van der Waals surface area contributed by atoms with Gasteiger partial charge in [0.05, 0.1) is 4.90 Å². The molecular formula is C17H17ClN2O5S. The van der Waals surface area contributed by atoms with E-state index in [9.17, 15) is 18.0 Å². The fourth-order valence-corrected chi connectivity index (χ4v) is 3.18. The Hall–Kier alpha value is -2.42. The van der Waals surface area contributed by atoms with Crippen molar-refractivity contribution in [1.82, 2.24) is 4.72 Å². The first-order chi connectivity index (χ1) is 12.3. The van der Waals surface area contributed by atoms with E-state index >= 15 is 0 Å². The third-order valence-electron chi connectivity index (χ3n) is 3.18. The standard InChI is InChI=1S/C17H17ClN2O5S/c1-12(21)20-15-5-7-16(8-6-15)26(23,24)19-10-17(22)25-11-13-3-2-4-14(18)9-13/h2-9,19H,10-11H2,1H3,(H,20,21). The number of amides is 1. The van der Waals surface area contributed by atoms with Gasteiger partial charge in [-0.3, -0.25) is 9.59 Å². The highest BCUT2D eigenvalue weighted by Crippen LogP contribution is 2.14. The molecule has 0 bridgehead atoms. The Morgan fingerprint density at radius 3 is 2.42 bits per heavy atom. The van der Waals surface area contributed by atoms with Crippen LogP contribution in [-0.2, 0) is 31.0 Å². The Balaban J connectivity index is 1.88. The van der Waals surface area contributed by atoms with Gasteiger partial charge in [0.25, 0.3) is 0 Å². The number of nitrogens with one attached hydrogen (secondary N) is 2. The monoisotopic (exact) mass is 396 g/mol. The Morgan fingerprint density at radius 1 is 1.12 bits per heavy atom. The number of sulfonamides is 1. The summed E-state index contributed by atoms with van der Waals surface area (Å²) in [7, 11) is -3.87. The lowest BCUT2D eigenvalue weighted by Gasteiger charge is -2.09. The Bertz CT molecular complexity index is 898. The van der Waals surface area contributed by atoms with Gasteiger partial charge in [-0.15, -0.1) is 0 Å². The lowest BCUT2D eigenvalue weighted by Crippen LogP contribution is -2.30. The van der Waals surface area contributed by atoms with Crippen molar-refractivity contribution in [3.8, 4) is 0 Å². The molecule has 0 saturated heterocycles. The van der Waals surface area contributed by atoms with E-state index in [2.05, 4.69) is 10.0 Å². The molecule has 138 valence electrons. The van der Waals surface area contributed by atoms with Crippen LogP contribution in [0.15, 0.2) is 53.4 Å². The molecule has 0 unspecified atom stereocenters. The minimum Gasteiger partial charge on any atom is -0.460 e. The van der Waals surface area contributed by atoms with Gasteiger partial charge in [-0.2, -0.15) is 4.72 Å². The zero-order valence-electron chi connectivity index (χ0n) is 13.9. The van der Waals surface area contributed by atoms with Crippen molar-refractivity contribution in [2.45, 2.75) is 18.4 Å². The molecule has 0 aromatic heterocycles. The van der Waals surface area contributed by atoms with Crippen LogP contribution in [0.2, 0.25) is 5.02 Å². The van der Waals surface area contributed by atoms with Crippen LogP contribution in [0, 0.1) is 0 Å². The maximum absolute atomic E-state index is 12.2. The number of hydrogen-bond acceptors (Lipinski definition) is 5. The number of rotatable bonds is 7. The Morgan fingerprint density at radius 2 is 1.81 bits per heavy atom. The summed E-state index contributed by atoms with van der Waals surface area (Å²) in [6, 6.07) is 12.4. The number of esters is 1. The van der Waals surface area contributed by atoms with Crippen LogP contribution >= 0.6 is 11.6 Å². The van der Waals surface area contributed by atoms with Crippen LogP contribution in [0.1, 0.15) is 12.5 Å². The van der Waals surface area contributed by atoms with E-state index < -0.39 is 22.5 Å². The molecule has 26 heavy (non-hydrogen) atoms. The average Bonchev–Trinajstić information content (AvgIpc) is 2.58. The molecule has 0 aliphatic rings. The summed E-state index contributed by atoms with van der Waals surface area (Å²) < 4.78 is 31.5. The van der Waals surface area contributed by atoms with Crippen LogP contribution in [0.25, 0.3) is 0 Å². The highest BCUT2D eigenvalue weighted by atomic mass is 35.5. The van der Waals surface area contributed by atoms with Gasteiger partial charge >= 0.3 is 5.97 Å². The number of carbonyl (C=O) groups is 2. The van der Waals surface area contributed by atoms with Crippen molar-refractivity contribution in [2.24, 2.45) is 0 Å². The first-order valence-corrected chi connectivity index (χ1v) is 9.40. The second-order valence-corrected chi connectivity index (χ2v) is 7.52. The van der Waals surface area contributed by atoms with Crippen molar-refractivity contribution in [3.63, 3.8) is 0 Å². The maximum atomic E-state index is 12.2. The molecule has 0 atom stereocenters. The van der Waals surface area contributed by atoms with Gasteiger partial charge in [-0.1, -0.05) is 23.7 Å². The van der Waals surface area contributed by atoms with E-state index in [0.29, 0.717) is 16.3 Å². The van der Waals surface area contributed by atoms with Gasteiger partial charge in [0.2, 0.25) is 15.9 Å². The van der Waals surface area contributed by atoms with Crippen LogP contribution < -0.4 is 10.0 Å². The van der Waals surface area contributed by atoms with Crippen LogP contribution in [0.4, 0.5) is 5.69 Å². The van der Waals surface area contributed by atoms with Gasteiger partial charge < -0.3 is 10.1 Å². The smallest absolute Gasteiger partial charge is 0.321 e. The zero-order chi connectivity index (χ0) is 19.2. The van der Waals surface area contributed by atoms with Gasteiger partial charge in [0.1, 0.15) is 13.2 Å². The lowest BCUT2D eigenvalue weighted by atomic mass is 10.2. The molecule has 0 spiro atoms. The van der Waals surface area contributed by atoms with Crippen LogP contribution in [0.5, 0.6) is 0 Å². The molecule has 7 nitrogen and oxygen atoms in total. The molecular weight excluding hydrogens is 380 g/mol. The number of halogens is 1. The maximum Gasteiger partial charge on any atom is 0.321 e. The second-order valence-electron chi connectivity index (χ2n) is 5.32. The van der Waals surface area contributed by atoms with Crippen molar-refractivity contribution in [1.29, 1.82) is 0 Å². The zero-order valence-corrected chi connectivity index (χ0v) is 15.4. The van der Waals surface area contributed by atoms with E-state index in [1.165, 1.54) is 31.2 Å².